The highest BCUT2D eigenvalue weighted by Gasteiger charge is 2.35. The van der Waals surface area contributed by atoms with Gasteiger partial charge in [-0.25, -0.2) is 0 Å². The number of Topliss-reactive ketones (excluding diaryl/α,β-unsaturated/α-hetero) is 1. The molecule has 1 aliphatic rings. The highest BCUT2D eigenvalue weighted by atomic mass is 32.2. The number of hydrogen-bond acceptors (Lipinski definition) is 3. The molecule has 2 rings (SSSR count). The number of hydrogen-bond donors (Lipinski definition) is 1. The van der Waals surface area contributed by atoms with Crippen molar-refractivity contribution in [2.45, 2.75) is 24.3 Å². The summed E-state index contributed by atoms with van der Waals surface area (Å²) in [4.78, 5) is 12.1. The van der Waals surface area contributed by atoms with Crippen LogP contribution in [0.1, 0.15) is 28.8 Å². The smallest absolute Gasteiger partial charge is 0.398 e. The molecule has 1 saturated heterocycles. The van der Waals surface area contributed by atoms with E-state index in [0.29, 0.717) is 6.42 Å². The van der Waals surface area contributed by atoms with Crippen LogP contribution in [-0.2, 0) is 6.18 Å². The third kappa shape index (κ3) is 2.48. The lowest BCUT2D eigenvalue weighted by atomic mass is 10.00. The van der Waals surface area contributed by atoms with Crippen molar-refractivity contribution in [1.82, 2.24) is 0 Å². The van der Waals surface area contributed by atoms with Crippen LogP contribution in [0.2, 0.25) is 0 Å². The summed E-state index contributed by atoms with van der Waals surface area (Å²) in [5.41, 5.74) is 4.09. The molecule has 2 N–H and O–H groups in total. The zero-order chi connectivity index (χ0) is 13.3. The molecule has 1 fully saturated rings. The van der Waals surface area contributed by atoms with Crippen molar-refractivity contribution in [2.24, 2.45) is 0 Å². The standard InChI is InChI=1S/C12H12F3NOS/c13-12(14,15)8-4-1-3-7(10(8)16)11(17)9-5-2-6-18-9/h1,3-4,9H,2,5-6,16H2. The van der Waals surface area contributed by atoms with Gasteiger partial charge in [-0.05, 0) is 30.7 Å². The van der Waals surface area contributed by atoms with Crippen LogP contribution in [0.5, 0.6) is 0 Å². The lowest BCUT2D eigenvalue weighted by Crippen LogP contribution is -2.18. The Labute approximate surface area is 107 Å². The molecule has 1 aromatic carbocycles. The van der Waals surface area contributed by atoms with Gasteiger partial charge in [0.05, 0.1) is 16.5 Å². The molecular formula is C12H12F3NOS. The molecule has 0 aliphatic carbocycles. The Morgan fingerprint density at radius 1 is 1.39 bits per heavy atom. The van der Waals surface area contributed by atoms with Crippen molar-refractivity contribution in [3.8, 4) is 0 Å². The molecule has 1 aromatic rings. The quantitative estimate of drug-likeness (QED) is 0.664. The normalized spacial score (nSPS) is 20.1. The minimum absolute atomic E-state index is 0.00998. The number of thioether (sulfide) groups is 1. The van der Waals surface area contributed by atoms with Crippen LogP contribution in [0.25, 0.3) is 0 Å². The Kier molecular flexibility index (Phi) is 3.56. The van der Waals surface area contributed by atoms with Crippen LogP contribution in [0.3, 0.4) is 0 Å². The van der Waals surface area contributed by atoms with Gasteiger partial charge < -0.3 is 5.73 Å². The van der Waals surface area contributed by atoms with Crippen LogP contribution in [0.4, 0.5) is 18.9 Å². The van der Waals surface area contributed by atoms with Crippen LogP contribution < -0.4 is 5.73 Å². The molecular weight excluding hydrogens is 263 g/mol. The summed E-state index contributed by atoms with van der Waals surface area (Å²) in [5, 5.41) is -0.254. The first kappa shape index (κ1) is 13.3. The summed E-state index contributed by atoms with van der Waals surface area (Å²) in [7, 11) is 0. The Bertz CT molecular complexity index is 467. The highest BCUT2D eigenvalue weighted by Crippen LogP contribution is 2.37. The Morgan fingerprint density at radius 3 is 2.67 bits per heavy atom. The number of halogens is 3. The second kappa shape index (κ2) is 4.84. The SMILES string of the molecule is Nc1c(C(=O)C2CCCS2)cccc1C(F)(F)F. The summed E-state index contributed by atoms with van der Waals surface area (Å²) in [5.74, 6) is 0.580. The lowest BCUT2D eigenvalue weighted by Gasteiger charge is -2.14. The molecule has 1 unspecified atom stereocenters. The molecule has 1 aliphatic heterocycles. The van der Waals surface area contributed by atoms with Crippen molar-refractivity contribution in [1.29, 1.82) is 0 Å². The monoisotopic (exact) mass is 275 g/mol. The number of carbonyl (C=O) groups excluding carboxylic acids is 1. The zero-order valence-electron chi connectivity index (χ0n) is 9.46. The van der Waals surface area contributed by atoms with Crippen LogP contribution >= 0.6 is 11.8 Å². The van der Waals surface area contributed by atoms with E-state index in [0.717, 1.165) is 18.2 Å². The molecule has 1 atom stereocenters. The van der Waals surface area contributed by atoms with Gasteiger partial charge in [-0.1, -0.05) is 6.07 Å². The van der Waals surface area contributed by atoms with E-state index in [1.165, 1.54) is 23.9 Å². The van der Waals surface area contributed by atoms with E-state index in [4.69, 9.17) is 5.73 Å². The fourth-order valence-corrected chi connectivity index (χ4v) is 3.21. The van der Waals surface area contributed by atoms with Gasteiger partial charge in [-0.2, -0.15) is 24.9 Å². The molecule has 1 heterocycles. The van der Waals surface area contributed by atoms with Gasteiger partial charge in [0.2, 0.25) is 0 Å². The number of rotatable bonds is 2. The highest BCUT2D eigenvalue weighted by molar-refractivity contribution is 8.00. The number of para-hydroxylation sites is 1. The largest absolute Gasteiger partial charge is 0.418 e. The van der Waals surface area contributed by atoms with Gasteiger partial charge in [-0.15, -0.1) is 0 Å². The number of benzene rings is 1. The summed E-state index contributed by atoms with van der Waals surface area (Å²) in [6.45, 7) is 0. The molecule has 2 nitrogen and oxygen atoms in total. The third-order valence-corrected chi connectivity index (χ3v) is 4.28. The van der Waals surface area contributed by atoms with Crippen LogP contribution in [-0.4, -0.2) is 16.8 Å². The Morgan fingerprint density at radius 2 is 2.11 bits per heavy atom. The van der Waals surface area contributed by atoms with Gasteiger partial charge >= 0.3 is 6.18 Å². The van der Waals surface area contributed by atoms with E-state index >= 15 is 0 Å². The molecule has 0 saturated carbocycles. The lowest BCUT2D eigenvalue weighted by molar-refractivity contribution is -0.136. The van der Waals surface area contributed by atoms with Crippen molar-refractivity contribution in [2.75, 3.05) is 11.5 Å². The van der Waals surface area contributed by atoms with Crippen LogP contribution in [0.15, 0.2) is 18.2 Å². The predicted molar refractivity (Wildman–Crippen MR) is 65.7 cm³/mol. The number of anilines is 1. The maximum atomic E-state index is 12.7. The average molecular weight is 275 g/mol. The number of nitrogen functional groups attached to an aromatic ring is 1. The van der Waals surface area contributed by atoms with Crippen molar-refractivity contribution >= 4 is 23.2 Å². The molecule has 0 radical (unpaired) electrons. The first-order valence-corrected chi connectivity index (χ1v) is 6.57. The minimum atomic E-state index is -4.52. The number of ketones is 1. The number of carbonyl (C=O) groups is 1. The van der Waals surface area contributed by atoms with Gasteiger partial charge in [0.25, 0.3) is 0 Å². The van der Waals surface area contributed by atoms with E-state index in [2.05, 4.69) is 0 Å². The predicted octanol–water partition coefficient (Wildman–Crippen LogP) is 3.37. The van der Waals surface area contributed by atoms with Crippen molar-refractivity contribution in [3.63, 3.8) is 0 Å². The maximum absolute atomic E-state index is 12.7. The first-order chi connectivity index (χ1) is 8.41. The molecule has 0 amide bonds. The van der Waals surface area contributed by atoms with Crippen molar-refractivity contribution in [3.05, 3.63) is 29.3 Å². The average Bonchev–Trinajstić information content (AvgIpc) is 2.80. The van der Waals surface area contributed by atoms with Gasteiger partial charge in [-0.3, -0.25) is 4.79 Å². The van der Waals surface area contributed by atoms with E-state index in [1.54, 1.807) is 0 Å². The number of nitrogens with two attached hydrogens (primary N) is 1. The second-order valence-corrected chi connectivity index (χ2v) is 5.44. The van der Waals surface area contributed by atoms with E-state index in [1.807, 2.05) is 0 Å². The summed E-state index contributed by atoms with van der Waals surface area (Å²) in [6.07, 6.45) is -2.90. The minimum Gasteiger partial charge on any atom is -0.398 e. The van der Waals surface area contributed by atoms with E-state index in [-0.39, 0.29) is 16.6 Å². The van der Waals surface area contributed by atoms with Crippen molar-refractivity contribution < 1.29 is 18.0 Å². The summed E-state index contributed by atoms with van der Waals surface area (Å²) >= 11 is 1.48. The molecule has 0 bridgehead atoms. The summed E-state index contributed by atoms with van der Waals surface area (Å²) < 4.78 is 38.0. The van der Waals surface area contributed by atoms with Gasteiger partial charge in [0.1, 0.15) is 0 Å². The Hall–Kier alpha value is -1.17. The Balaban J connectivity index is 2.36. The molecule has 18 heavy (non-hydrogen) atoms. The topological polar surface area (TPSA) is 43.1 Å². The van der Waals surface area contributed by atoms with Crippen LogP contribution in [0, 0.1) is 0 Å². The zero-order valence-corrected chi connectivity index (χ0v) is 10.3. The fourth-order valence-electron chi connectivity index (χ4n) is 1.99. The fraction of sp³-hybridized carbons (Fsp3) is 0.417. The van der Waals surface area contributed by atoms with Gasteiger partial charge in [0.15, 0.2) is 5.78 Å². The molecule has 98 valence electrons. The number of alkyl halides is 3. The third-order valence-electron chi connectivity index (χ3n) is 2.90. The first-order valence-electron chi connectivity index (χ1n) is 5.53. The van der Waals surface area contributed by atoms with Gasteiger partial charge in [0, 0.05) is 5.56 Å². The molecule has 0 spiro atoms. The van der Waals surface area contributed by atoms with E-state index < -0.39 is 17.4 Å². The maximum Gasteiger partial charge on any atom is 0.418 e. The second-order valence-electron chi connectivity index (χ2n) is 4.13. The summed E-state index contributed by atoms with van der Waals surface area (Å²) in [6, 6.07) is 3.49. The van der Waals surface area contributed by atoms with E-state index in [9.17, 15) is 18.0 Å². The molecule has 0 aromatic heterocycles. The molecule has 6 heteroatoms.